The third-order valence-corrected chi connectivity index (χ3v) is 4.31. The monoisotopic (exact) mass is 298 g/mol. The number of carbonyl (C=O) groups is 1. The van der Waals surface area contributed by atoms with Gasteiger partial charge in [0.1, 0.15) is 11.6 Å². The summed E-state index contributed by atoms with van der Waals surface area (Å²) in [6.07, 6.45) is 1.72. The average molecular weight is 298 g/mol. The number of ether oxygens (including phenoxy) is 1. The predicted octanol–water partition coefficient (Wildman–Crippen LogP) is 2.60. The van der Waals surface area contributed by atoms with E-state index in [1.165, 1.54) is 7.11 Å². The molecule has 1 aromatic rings. The number of anilines is 1. The highest BCUT2D eigenvalue weighted by atomic mass is 32.2. The van der Waals surface area contributed by atoms with E-state index in [1.807, 2.05) is 13.8 Å². The zero-order valence-corrected chi connectivity index (χ0v) is 13.3. The number of carbonyl (C=O) groups excluding carboxylic acids is 1. The molecule has 0 bridgehead atoms. The van der Waals surface area contributed by atoms with Crippen LogP contribution in [0.1, 0.15) is 44.0 Å². The maximum Gasteiger partial charge on any atom is 0.338 e. The lowest BCUT2D eigenvalue weighted by Gasteiger charge is -2.15. The smallest absolute Gasteiger partial charge is 0.338 e. The lowest BCUT2D eigenvalue weighted by Crippen LogP contribution is -2.17. The summed E-state index contributed by atoms with van der Waals surface area (Å²) in [4.78, 5) is 16.0. The number of rotatable bonds is 7. The van der Waals surface area contributed by atoms with Crippen LogP contribution < -0.4 is 5.32 Å². The number of hydrogen-bond acceptors (Lipinski definition) is 5. The summed E-state index contributed by atoms with van der Waals surface area (Å²) in [5.74, 6) is 0.636. The summed E-state index contributed by atoms with van der Waals surface area (Å²) >= 11 is -1.20. The summed E-state index contributed by atoms with van der Waals surface area (Å²) in [5.41, 5.74) is 0.368. The van der Waals surface area contributed by atoms with E-state index in [1.54, 1.807) is 12.1 Å². The van der Waals surface area contributed by atoms with Crippen LogP contribution in [-0.4, -0.2) is 34.4 Å². The highest BCUT2D eigenvalue weighted by Crippen LogP contribution is 2.18. The van der Waals surface area contributed by atoms with Gasteiger partial charge in [-0.3, -0.25) is 0 Å². The van der Waals surface area contributed by atoms with Gasteiger partial charge in [-0.05, 0) is 25.8 Å². The molecule has 0 aliphatic carbocycles. The quantitative estimate of drug-likeness (QED) is 0.618. The van der Waals surface area contributed by atoms with Gasteiger partial charge in [-0.15, -0.1) is 0 Å². The zero-order valence-electron chi connectivity index (χ0n) is 12.4. The summed E-state index contributed by atoms with van der Waals surface area (Å²) < 4.78 is 16.8. The van der Waals surface area contributed by atoms with E-state index in [0.717, 1.165) is 12.8 Å². The van der Waals surface area contributed by atoms with Gasteiger partial charge < -0.3 is 14.6 Å². The van der Waals surface area contributed by atoms with E-state index in [2.05, 4.69) is 17.2 Å². The van der Waals surface area contributed by atoms with E-state index in [0.29, 0.717) is 22.2 Å². The highest BCUT2D eigenvalue weighted by Gasteiger charge is 2.18. The average Bonchev–Trinajstić information content (AvgIpc) is 2.46. The van der Waals surface area contributed by atoms with Gasteiger partial charge in [0, 0.05) is 23.3 Å². The fraction of sp³-hybridized carbons (Fsp3) is 0.571. The number of nitrogens with one attached hydrogen (secondary N) is 1. The summed E-state index contributed by atoms with van der Waals surface area (Å²) in [6, 6.07) is 3.40. The van der Waals surface area contributed by atoms with Crippen LogP contribution in [0.4, 0.5) is 5.82 Å². The van der Waals surface area contributed by atoms with E-state index < -0.39 is 17.1 Å². The van der Waals surface area contributed by atoms with Gasteiger partial charge >= 0.3 is 5.97 Å². The molecule has 1 unspecified atom stereocenters. The van der Waals surface area contributed by atoms with Crippen molar-refractivity contribution in [2.45, 2.75) is 44.7 Å². The van der Waals surface area contributed by atoms with Crippen molar-refractivity contribution in [1.29, 1.82) is 0 Å². The SMILES string of the molecule is CCC[S@+]([O-])c1cc(C(=O)OC)cc(NC(C)CC)n1. The molecule has 1 heterocycles. The van der Waals surface area contributed by atoms with Crippen LogP contribution in [0.25, 0.3) is 0 Å². The van der Waals surface area contributed by atoms with E-state index in [9.17, 15) is 9.35 Å². The van der Waals surface area contributed by atoms with Crippen molar-refractivity contribution in [3.8, 4) is 0 Å². The van der Waals surface area contributed by atoms with Gasteiger partial charge in [0.05, 0.1) is 12.7 Å². The molecule has 5 nitrogen and oxygen atoms in total. The Kier molecular flexibility index (Phi) is 6.81. The highest BCUT2D eigenvalue weighted by molar-refractivity contribution is 7.91. The largest absolute Gasteiger partial charge is 0.610 e. The Morgan fingerprint density at radius 3 is 2.75 bits per heavy atom. The zero-order chi connectivity index (χ0) is 15.1. The molecule has 0 aliphatic heterocycles. The van der Waals surface area contributed by atoms with Crippen LogP contribution in [0.2, 0.25) is 0 Å². The second-order valence-electron chi connectivity index (χ2n) is 4.57. The van der Waals surface area contributed by atoms with Crippen LogP contribution in [0, 0.1) is 0 Å². The van der Waals surface area contributed by atoms with E-state index in [4.69, 9.17) is 4.74 Å². The second kappa shape index (κ2) is 8.11. The number of aromatic nitrogens is 1. The Hall–Kier alpha value is -1.27. The summed E-state index contributed by atoms with van der Waals surface area (Å²) in [5, 5.41) is 3.61. The number of pyridine rings is 1. The molecule has 0 spiro atoms. The molecule has 6 heteroatoms. The Morgan fingerprint density at radius 2 is 2.20 bits per heavy atom. The van der Waals surface area contributed by atoms with Gasteiger partial charge in [0.2, 0.25) is 5.03 Å². The molecule has 0 aliphatic rings. The summed E-state index contributed by atoms with van der Waals surface area (Å²) in [7, 11) is 1.33. The standard InChI is InChI=1S/C14H22N2O3S/c1-5-7-20(18)13-9-11(14(17)19-4)8-12(16-13)15-10(3)6-2/h8-10H,5-7H2,1-4H3,(H,15,16)/t10?,20-/m0/s1. The number of esters is 1. The van der Waals surface area contributed by atoms with Gasteiger partial charge in [-0.1, -0.05) is 13.8 Å². The molecule has 1 N–H and O–H groups in total. The molecular formula is C14H22N2O3S. The Bertz CT molecular complexity index is 454. The first kappa shape index (κ1) is 16.8. The molecule has 2 atom stereocenters. The molecule has 0 amide bonds. The van der Waals surface area contributed by atoms with E-state index >= 15 is 0 Å². The molecule has 0 saturated heterocycles. The van der Waals surface area contributed by atoms with Crippen molar-refractivity contribution < 1.29 is 14.1 Å². The fourth-order valence-electron chi connectivity index (χ4n) is 1.58. The fourth-order valence-corrected chi connectivity index (χ4v) is 2.61. The van der Waals surface area contributed by atoms with Crippen molar-refractivity contribution in [3.63, 3.8) is 0 Å². The molecule has 0 saturated carbocycles. The molecule has 0 aromatic carbocycles. The normalized spacial score (nSPS) is 13.7. The minimum Gasteiger partial charge on any atom is -0.610 e. The van der Waals surface area contributed by atoms with Crippen LogP contribution in [0.15, 0.2) is 17.2 Å². The van der Waals surface area contributed by atoms with E-state index in [-0.39, 0.29) is 6.04 Å². The van der Waals surface area contributed by atoms with Crippen molar-refractivity contribution >= 4 is 23.0 Å². The topological polar surface area (TPSA) is 74.3 Å². The minimum absolute atomic E-state index is 0.225. The van der Waals surface area contributed by atoms with Crippen LogP contribution in [0.3, 0.4) is 0 Å². The first-order chi connectivity index (χ1) is 9.51. The molecule has 1 aromatic heterocycles. The van der Waals surface area contributed by atoms with Crippen molar-refractivity contribution in [2.75, 3.05) is 18.2 Å². The molecular weight excluding hydrogens is 276 g/mol. The third kappa shape index (κ3) is 4.68. The lowest BCUT2D eigenvalue weighted by atomic mass is 10.2. The maximum absolute atomic E-state index is 12.1. The Labute approximate surface area is 123 Å². The van der Waals surface area contributed by atoms with Crippen molar-refractivity contribution in [3.05, 3.63) is 17.7 Å². The van der Waals surface area contributed by atoms with Crippen molar-refractivity contribution in [2.24, 2.45) is 0 Å². The second-order valence-corrected chi connectivity index (χ2v) is 6.09. The molecule has 0 fully saturated rings. The number of nitrogens with zero attached hydrogens (tertiary/aromatic N) is 1. The first-order valence-corrected chi connectivity index (χ1v) is 8.09. The van der Waals surface area contributed by atoms with Gasteiger partial charge in [-0.25, -0.2) is 4.79 Å². The van der Waals surface area contributed by atoms with Gasteiger partial charge in [0.25, 0.3) is 0 Å². The van der Waals surface area contributed by atoms with Gasteiger partial charge in [0.15, 0.2) is 0 Å². The molecule has 20 heavy (non-hydrogen) atoms. The number of hydrogen-bond donors (Lipinski definition) is 1. The predicted molar refractivity (Wildman–Crippen MR) is 80.5 cm³/mol. The molecule has 0 radical (unpaired) electrons. The van der Waals surface area contributed by atoms with Crippen molar-refractivity contribution in [1.82, 2.24) is 4.98 Å². The van der Waals surface area contributed by atoms with Crippen LogP contribution in [-0.2, 0) is 15.9 Å². The lowest BCUT2D eigenvalue weighted by molar-refractivity contribution is 0.0600. The third-order valence-electron chi connectivity index (χ3n) is 2.85. The Morgan fingerprint density at radius 1 is 1.50 bits per heavy atom. The minimum atomic E-state index is -1.20. The number of methoxy groups -OCH3 is 1. The van der Waals surface area contributed by atoms with Crippen LogP contribution in [0.5, 0.6) is 0 Å². The molecule has 112 valence electrons. The summed E-state index contributed by atoms with van der Waals surface area (Å²) in [6.45, 7) is 6.04. The Balaban J connectivity index is 3.10. The van der Waals surface area contributed by atoms with Gasteiger partial charge in [-0.2, -0.15) is 4.98 Å². The maximum atomic E-state index is 12.1. The first-order valence-electron chi connectivity index (χ1n) is 6.77. The van der Waals surface area contributed by atoms with Crippen LogP contribution >= 0.6 is 0 Å². The molecule has 1 rings (SSSR count).